The van der Waals surface area contributed by atoms with Gasteiger partial charge in [0.15, 0.2) is 6.61 Å². The summed E-state index contributed by atoms with van der Waals surface area (Å²) in [5.74, 6) is -1.89. The third kappa shape index (κ3) is 5.08. The van der Waals surface area contributed by atoms with Gasteiger partial charge in [-0.25, -0.2) is 0 Å². The van der Waals surface area contributed by atoms with Crippen molar-refractivity contribution in [3.05, 3.63) is 57.6 Å². The van der Waals surface area contributed by atoms with E-state index in [0.717, 1.165) is 16.8 Å². The lowest BCUT2D eigenvalue weighted by molar-refractivity contribution is -0.151. The zero-order chi connectivity index (χ0) is 21.1. The van der Waals surface area contributed by atoms with Crippen LogP contribution in [0.25, 0.3) is 0 Å². The predicted molar refractivity (Wildman–Crippen MR) is 112 cm³/mol. The van der Waals surface area contributed by atoms with Gasteiger partial charge in [0.05, 0.1) is 21.7 Å². The second kappa shape index (κ2) is 8.84. The minimum Gasteiger partial charge on any atom is -0.455 e. The topological polar surface area (TPSA) is 75.7 Å². The summed E-state index contributed by atoms with van der Waals surface area (Å²) in [6, 6.07) is 10.6. The van der Waals surface area contributed by atoms with Crippen molar-refractivity contribution in [2.24, 2.45) is 5.92 Å². The molecule has 1 aliphatic heterocycles. The van der Waals surface area contributed by atoms with E-state index >= 15 is 0 Å². The maximum absolute atomic E-state index is 12.4. The maximum atomic E-state index is 12.4. The van der Waals surface area contributed by atoms with Gasteiger partial charge >= 0.3 is 5.97 Å². The molecule has 3 rings (SSSR count). The first kappa shape index (κ1) is 21.1. The largest absolute Gasteiger partial charge is 0.455 e. The minimum atomic E-state index is -0.620. The second-order valence-corrected chi connectivity index (χ2v) is 7.79. The molecule has 0 spiro atoms. The summed E-state index contributed by atoms with van der Waals surface area (Å²) >= 11 is 11.9. The molecule has 2 aromatic rings. The highest BCUT2D eigenvalue weighted by Crippen LogP contribution is 2.30. The first-order valence-electron chi connectivity index (χ1n) is 9.03. The number of aryl methyl sites for hydroxylation is 2. The molecule has 1 heterocycles. The third-order valence-electron chi connectivity index (χ3n) is 4.55. The molecule has 152 valence electrons. The van der Waals surface area contributed by atoms with Crippen molar-refractivity contribution in [1.29, 1.82) is 0 Å². The van der Waals surface area contributed by atoms with E-state index in [1.54, 1.807) is 23.1 Å². The zero-order valence-electron chi connectivity index (χ0n) is 16.0. The Labute approximate surface area is 178 Å². The molecular formula is C21H20Cl2N2O4. The van der Waals surface area contributed by atoms with Crippen LogP contribution in [0.3, 0.4) is 0 Å². The Morgan fingerprint density at radius 2 is 1.86 bits per heavy atom. The van der Waals surface area contributed by atoms with Crippen molar-refractivity contribution in [1.82, 2.24) is 0 Å². The Morgan fingerprint density at radius 3 is 2.55 bits per heavy atom. The molecule has 2 aromatic carbocycles. The van der Waals surface area contributed by atoms with Crippen LogP contribution in [0.1, 0.15) is 17.5 Å². The van der Waals surface area contributed by atoms with Gasteiger partial charge in [-0.05, 0) is 49.2 Å². The molecule has 0 bridgehead atoms. The summed E-state index contributed by atoms with van der Waals surface area (Å²) in [4.78, 5) is 38.4. The quantitative estimate of drug-likeness (QED) is 0.717. The molecule has 2 amide bonds. The Morgan fingerprint density at radius 1 is 1.17 bits per heavy atom. The lowest BCUT2D eigenvalue weighted by Gasteiger charge is -2.18. The fourth-order valence-electron chi connectivity index (χ4n) is 3.26. The average molecular weight is 435 g/mol. The number of hydrogen-bond donors (Lipinski definition) is 1. The molecule has 8 heteroatoms. The zero-order valence-corrected chi connectivity index (χ0v) is 17.5. The second-order valence-electron chi connectivity index (χ2n) is 7.01. The number of hydrogen-bond acceptors (Lipinski definition) is 4. The lowest BCUT2D eigenvalue weighted by atomic mass is 10.1. The fraction of sp³-hybridized carbons (Fsp3) is 0.286. The smallest absolute Gasteiger partial charge is 0.311 e. The SMILES string of the molecule is Cc1cc(C)cc(N2C[C@@H](C(=O)OCC(=O)Nc3cccc(Cl)c3Cl)CC2=O)c1. The van der Waals surface area contributed by atoms with Crippen LogP contribution in [0, 0.1) is 19.8 Å². The summed E-state index contributed by atoms with van der Waals surface area (Å²) in [5, 5.41) is 3.05. The molecule has 0 aromatic heterocycles. The molecule has 0 radical (unpaired) electrons. The van der Waals surface area contributed by atoms with Crippen LogP contribution in [0.15, 0.2) is 36.4 Å². The maximum Gasteiger partial charge on any atom is 0.311 e. The van der Waals surface area contributed by atoms with E-state index in [2.05, 4.69) is 5.32 Å². The number of halogens is 2. The van der Waals surface area contributed by atoms with E-state index in [1.165, 1.54) is 0 Å². The van der Waals surface area contributed by atoms with Gasteiger partial charge < -0.3 is 15.0 Å². The monoisotopic (exact) mass is 434 g/mol. The summed E-state index contributed by atoms with van der Waals surface area (Å²) < 4.78 is 5.10. The number of amides is 2. The number of nitrogens with zero attached hydrogens (tertiary/aromatic N) is 1. The molecule has 1 fully saturated rings. The van der Waals surface area contributed by atoms with Crippen LogP contribution in [-0.4, -0.2) is 30.9 Å². The van der Waals surface area contributed by atoms with Gasteiger partial charge in [0.25, 0.3) is 5.91 Å². The molecular weight excluding hydrogens is 415 g/mol. The summed E-state index contributed by atoms with van der Waals surface area (Å²) in [7, 11) is 0. The van der Waals surface area contributed by atoms with E-state index in [0.29, 0.717) is 10.7 Å². The van der Waals surface area contributed by atoms with E-state index < -0.39 is 24.4 Å². The minimum absolute atomic E-state index is 0.0492. The highest BCUT2D eigenvalue weighted by Gasteiger charge is 2.36. The Kier molecular flexibility index (Phi) is 6.45. The normalized spacial score (nSPS) is 16.1. The van der Waals surface area contributed by atoms with E-state index in [4.69, 9.17) is 27.9 Å². The molecule has 29 heavy (non-hydrogen) atoms. The third-order valence-corrected chi connectivity index (χ3v) is 5.37. The van der Waals surface area contributed by atoms with Crippen molar-refractivity contribution in [2.45, 2.75) is 20.3 Å². The van der Waals surface area contributed by atoms with E-state index in [1.807, 2.05) is 32.0 Å². The highest BCUT2D eigenvalue weighted by molar-refractivity contribution is 6.44. The summed E-state index contributed by atoms with van der Waals surface area (Å²) in [5.41, 5.74) is 3.17. The predicted octanol–water partition coefficient (Wildman–Crippen LogP) is 4.15. The van der Waals surface area contributed by atoms with Crippen molar-refractivity contribution in [3.8, 4) is 0 Å². The van der Waals surface area contributed by atoms with E-state index in [9.17, 15) is 14.4 Å². The Bertz CT molecular complexity index is 957. The van der Waals surface area contributed by atoms with Crippen molar-refractivity contribution in [3.63, 3.8) is 0 Å². The molecule has 1 aliphatic rings. The van der Waals surface area contributed by atoms with Crippen LogP contribution in [-0.2, 0) is 19.1 Å². The number of anilines is 2. The summed E-state index contributed by atoms with van der Waals surface area (Å²) in [6.07, 6.45) is 0.0492. The van der Waals surface area contributed by atoms with Gasteiger partial charge in [-0.1, -0.05) is 35.3 Å². The first-order chi connectivity index (χ1) is 13.7. The number of rotatable bonds is 5. The van der Waals surface area contributed by atoms with Crippen LogP contribution < -0.4 is 10.2 Å². The fourth-order valence-corrected chi connectivity index (χ4v) is 3.61. The van der Waals surface area contributed by atoms with Crippen LogP contribution in [0.2, 0.25) is 10.0 Å². The Balaban J connectivity index is 1.56. The number of esters is 1. The van der Waals surface area contributed by atoms with Crippen molar-refractivity contribution < 1.29 is 19.1 Å². The molecule has 1 N–H and O–H groups in total. The Hall–Kier alpha value is -2.57. The lowest BCUT2D eigenvalue weighted by Crippen LogP contribution is -2.28. The van der Waals surface area contributed by atoms with Crippen LogP contribution in [0.4, 0.5) is 11.4 Å². The van der Waals surface area contributed by atoms with Gasteiger partial charge in [-0.3, -0.25) is 14.4 Å². The standard InChI is InChI=1S/C21H20Cl2N2O4/c1-12-6-13(2)8-15(7-12)25-10-14(9-19(25)27)21(28)29-11-18(26)24-17-5-3-4-16(22)20(17)23/h3-8,14H,9-11H2,1-2H3,(H,24,26)/t14-/m0/s1. The van der Waals surface area contributed by atoms with Crippen LogP contribution in [0.5, 0.6) is 0 Å². The molecule has 6 nitrogen and oxygen atoms in total. The number of nitrogens with one attached hydrogen (secondary N) is 1. The number of benzene rings is 2. The number of ether oxygens (including phenoxy) is 1. The average Bonchev–Trinajstić information content (AvgIpc) is 3.04. The molecule has 1 atom stereocenters. The molecule has 0 aliphatic carbocycles. The van der Waals surface area contributed by atoms with Gasteiger partial charge in [0.2, 0.25) is 5.91 Å². The van der Waals surface area contributed by atoms with Crippen molar-refractivity contribution >= 4 is 52.4 Å². The molecule has 0 unspecified atom stereocenters. The summed E-state index contributed by atoms with van der Waals surface area (Å²) in [6.45, 7) is 3.65. The molecule has 1 saturated heterocycles. The first-order valence-corrected chi connectivity index (χ1v) is 9.79. The number of carbonyl (C=O) groups is 3. The van der Waals surface area contributed by atoms with Gasteiger partial charge in [-0.15, -0.1) is 0 Å². The van der Waals surface area contributed by atoms with Gasteiger partial charge in [-0.2, -0.15) is 0 Å². The van der Waals surface area contributed by atoms with Gasteiger partial charge in [0.1, 0.15) is 0 Å². The van der Waals surface area contributed by atoms with Gasteiger partial charge in [0, 0.05) is 18.7 Å². The highest BCUT2D eigenvalue weighted by atomic mass is 35.5. The van der Waals surface area contributed by atoms with Crippen LogP contribution >= 0.6 is 23.2 Å². The van der Waals surface area contributed by atoms with E-state index in [-0.39, 0.29) is 23.9 Å². The van der Waals surface area contributed by atoms with Crippen molar-refractivity contribution in [2.75, 3.05) is 23.4 Å². The molecule has 0 saturated carbocycles. The number of carbonyl (C=O) groups excluding carboxylic acids is 3.